The Bertz CT molecular complexity index is 859. The van der Waals surface area contributed by atoms with E-state index in [1.165, 1.54) is 12.1 Å². The second kappa shape index (κ2) is 5.77. The second-order valence-electron chi connectivity index (χ2n) is 6.38. The van der Waals surface area contributed by atoms with Crippen LogP contribution in [-0.2, 0) is 6.18 Å². The zero-order valence-electron chi connectivity index (χ0n) is 12.9. The molecule has 1 aliphatic heterocycles. The van der Waals surface area contributed by atoms with Crippen LogP contribution in [0.3, 0.4) is 0 Å². The van der Waals surface area contributed by atoms with E-state index in [0.717, 1.165) is 6.07 Å². The summed E-state index contributed by atoms with van der Waals surface area (Å²) in [7, 11) is 0. The first-order valence-electron chi connectivity index (χ1n) is 7.95. The van der Waals surface area contributed by atoms with Gasteiger partial charge >= 0.3 is 6.18 Å². The molecule has 0 amide bonds. The van der Waals surface area contributed by atoms with Gasteiger partial charge in [-0.05, 0) is 36.1 Å². The molecule has 0 aromatic heterocycles. The van der Waals surface area contributed by atoms with Crippen molar-refractivity contribution in [3.05, 3.63) is 76.1 Å². The predicted octanol–water partition coefficient (Wildman–Crippen LogP) is 6.32. The third kappa shape index (κ3) is 2.61. The van der Waals surface area contributed by atoms with Crippen molar-refractivity contribution in [2.75, 3.05) is 5.32 Å². The van der Waals surface area contributed by atoms with Gasteiger partial charge in [0.1, 0.15) is 5.82 Å². The predicted molar refractivity (Wildman–Crippen MR) is 89.2 cm³/mol. The SMILES string of the molecule is Fc1ccccc1[C@@H]1Nc2c(Cl)ccc(C(F)(F)F)c2[C@@H]2C=CC[C@@H]21. The molecular weight excluding hydrogens is 354 g/mol. The van der Waals surface area contributed by atoms with Gasteiger partial charge in [0.15, 0.2) is 0 Å². The first-order chi connectivity index (χ1) is 11.9. The number of hydrogen-bond acceptors (Lipinski definition) is 1. The van der Waals surface area contributed by atoms with Crippen LogP contribution in [0.2, 0.25) is 5.02 Å². The highest BCUT2D eigenvalue weighted by molar-refractivity contribution is 6.33. The largest absolute Gasteiger partial charge is 0.416 e. The fourth-order valence-electron chi connectivity index (χ4n) is 3.96. The first kappa shape index (κ1) is 16.5. The molecule has 0 saturated carbocycles. The van der Waals surface area contributed by atoms with E-state index in [0.29, 0.717) is 12.0 Å². The van der Waals surface area contributed by atoms with Gasteiger partial charge in [-0.1, -0.05) is 42.0 Å². The molecule has 2 aliphatic rings. The Morgan fingerprint density at radius 2 is 1.84 bits per heavy atom. The Labute approximate surface area is 147 Å². The Morgan fingerprint density at radius 1 is 1.08 bits per heavy atom. The van der Waals surface area contributed by atoms with Gasteiger partial charge in [-0.25, -0.2) is 4.39 Å². The van der Waals surface area contributed by atoms with E-state index in [-0.39, 0.29) is 28.0 Å². The molecule has 4 rings (SSSR count). The van der Waals surface area contributed by atoms with Crippen LogP contribution in [0.15, 0.2) is 48.6 Å². The number of benzene rings is 2. The lowest BCUT2D eigenvalue weighted by atomic mass is 9.75. The molecule has 2 aromatic rings. The van der Waals surface area contributed by atoms with Gasteiger partial charge < -0.3 is 5.32 Å². The van der Waals surface area contributed by atoms with E-state index in [4.69, 9.17) is 11.6 Å². The smallest absolute Gasteiger partial charge is 0.376 e. The average molecular weight is 368 g/mol. The maximum Gasteiger partial charge on any atom is 0.416 e. The minimum absolute atomic E-state index is 0.159. The highest BCUT2D eigenvalue weighted by Crippen LogP contribution is 2.54. The minimum atomic E-state index is -4.47. The zero-order valence-corrected chi connectivity index (χ0v) is 13.7. The second-order valence-corrected chi connectivity index (χ2v) is 6.79. The van der Waals surface area contributed by atoms with Crippen molar-refractivity contribution in [3.63, 3.8) is 0 Å². The molecule has 3 atom stereocenters. The fourth-order valence-corrected chi connectivity index (χ4v) is 4.18. The number of allylic oxidation sites excluding steroid dienone is 2. The van der Waals surface area contributed by atoms with E-state index in [1.807, 2.05) is 6.08 Å². The maximum absolute atomic E-state index is 14.3. The Hall–Kier alpha value is -2.01. The molecule has 130 valence electrons. The minimum Gasteiger partial charge on any atom is -0.376 e. The Balaban J connectivity index is 1.90. The highest BCUT2D eigenvalue weighted by Gasteiger charge is 2.45. The lowest BCUT2D eigenvalue weighted by molar-refractivity contribution is -0.138. The van der Waals surface area contributed by atoms with Crippen LogP contribution < -0.4 is 5.32 Å². The summed E-state index contributed by atoms with van der Waals surface area (Å²) in [6, 6.07) is 8.17. The molecule has 0 saturated heterocycles. The van der Waals surface area contributed by atoms with Gasteiger partial charge in [-0.3, -0.25) is 0 Å². The molecule has 1 nitrogen and oxygen atoms in total. The van der Waals surface area contributed by atoms with Gasteiger partial charge in [-0.2, -0.15) is 13.2 Å². The van der Waals surface area contributed by atoms with E-state index in [1.54, 1.807) is 24.3 Å². The van der Waals surface area contributed by atoms with Crippen molar-refractivity contribution in [2.24, 2.45) is 5.92 Å². The van der Waals surface area contributed by atoms with Gasteiger partial charge in [0.25, 0.3) is 0 Å². The van der Waals surface area contributed by atoms with Gasteiger partial charge in [0.05, 0.1) is 22.3 Å². The maximum atomic E-state index is 14.3. The topological polar surface area (TPSA) is 12.0 Å². The third-order valence-electron chi connectivity index (χ3n) is 5.01. The van der Waals surface area contributed by atoms with E-state index in [9.17, 15) is 17.6 Å². The number of halogens is 5. The van der Waals surface area contributed by atoms with Crippen molar-refractivity contribution in [2.45, 2.75) is 24.6 Å². The van der Waals surface area contributed by atoms with E-state index < -0.39 is 23.7 Å². The third-order valence-corrected chi connectivity index (χ3v) is 5.33. The summed E-state index contributed by atoms with van der Waals surface area (Å²) < 4.78 is 54.8. The number of hydrogen-bond donors (Lipinski definition) is 1. The lowest BCUT2D eigenvalue weighted by Crippen LogP contribution is -2.31. The quantitative estimate of drug-likeness (QED) is 0.459. The summed E-state index contributed by atoms with van der Waals surface area (Å²) in [6.07, 6.45) is -0.243. The van der Waals surface area contributed by atoms with E-state index >= 15 is 0 Å². The first-order valence-corrected chi connectivity index (χ1v) is 8.33. The van der Waals surface area contributed by atoms with Gasteiger partial charge in [0.2, 0.25) is 0 Å². The van der Waals surface area contributed by atoms with Crippen LogP contribution in [-0.4, -0.2) is 0 Å². The van der Waals surface area contributed by atoms with Crippen molar-refractivity contribution in [1.82, 2.24) is 0 Å². The van der Waals surface area contributed by atoms with Crippen LogP contribution in [0.25, 0.3) is 0 Å². The number of rotatable bonds is 1. The lowest BCUT2D eigenvalue weighted by Gasteiger charge is -2.39. The summed E-state index contributed by atoms with van der Waals surface area (Å²) in [5, 5.41) is 3.31. The van der Waals surface area contributed by atoms with Gasteiger partial charge in [-0.15, -0.1) is 0 Å². The molecule has 0 bridgehead atoms. The van der Waals surface area contributed by atoms with Crippen molar-refractivity contribution >= 4 is 17.3 Å². The summed E-state index contributed by atoms with van der Waals surface area (Å²) >= 11 is 6.20. The molecule has 0 fully saturated rings. The molecule has 6 heteroatoms. The van der Waals surface area contributed by atoms with Gasteiger partial charge in [0, 0.05) is 11.5 Å². The van der Waals surface area contributed by atoms with Crippen molar-refractivity contribution in [1.29, 1.82) is 0 Å². The fraction of sp³-hybridized carbons (Fsp3) is 0.263. The van der Waals surface area contributed by atoms with Crippen LogP contribution in [0.1, 0.15) is 35.1 Å². The zero-order chi connectivity index (χ0) is 17.8. The summed E-state index contributed by atoms with van der Waals surface area (Å²) in [5.74, 6) is -1.02. The standard InChI is InChI=1S/C19H14ClF4N/c20-14-9-8-13(19(22,23)24)16-10-5-3-6-11(10)17(25-18(14)16)12-4-1-2-7-15(12)21/h1-5,7-11,17,25H,6H2/t10-,11+,17-/m1/s1. The Morgan fingerprint density at radius 3 is 2.56 bits per heavy atom. The van der Waals surface area contributed by atoms with Crippen LogP contribution >= 0.6 is 11.6 Å². The number of alkyl halides is 3. The highest BCUT2D eigenvalue weighted by atomic mass is 35.5. The number of anilines is 1. The molecule has 0 unspecified atom stereocenters. The number of fused-ring (bicyclic) bond motifs is 3. The van der Waals surface area contributed by atoms with Crippen molar-refractivity contribution in [3.8, 4) is 0 Å². The Kier molecular flexibility index (Phi) is 3.80. The molecule has 1 N–H and O–H groups in total. The molecule has 0 spiro atoms. The van der Waals surface area contributed by atoms with Crippen LogP contribution in [0, 0.1) is 11.7 Å². The molecule has 2 aromatic carbocycles. The molecular formula is C19H14ClF4N. The monoisotopic (exact) mass is 367 g/mol. The van der Waals surface area contributed by atoms with Crippen LogP contribution in [0.4, 0.5) is 23.2 Å². The van der Waals surface area contributed by atoms with Crippen molar-refractivity contribution < 1.29 is 17.6 Å². The molecule has 1 aliphatic carbocycles. The molecule has 25 heavy (non-hydrogen) atoms. The van der Waals surface area contributed by atoms with E-state index in [2.05, 4.69) is 5.32 Å². The average Bonchev–Trinajstić information content (AvgIpc) is 3.04. The summed E-state index contributed by atoms with van der Waals surface area (Å²) in [6.45, 7) is 0. The normalized spacial score (nSPS) is 24.6. The van der Waals surface area contributed by atoms with Crippen LogP contribution in [0.5, 0.6) is 0 Å². The summed E-state index contributed by atoms with van der Waals surface area (Å²) in [4.78, 5) is 0. The number of nitrogens with one attached hydrogen (secondary N) is 1. The molecule has 0 radical (unpaired) electrons. The summed E-state index contributed by atoms with van der Waals surface area (Å²) in [5.41, 5.74) is 0.164. The molecule has 1 heterocycles.